The minimum atomic E-state index is -0.415. The normalized spacial score (nSPS) is 9.93. The van der Waals surface area contributed by atoms with Gasteiger partial charge in [0.25, 0.3) is 0 Å². The topological polar surface area (TPSA) is 80.8 Å². The van der Waals surface area contributed by atoms with Crippen LogP contribution in [0.5, 0.6) is 0 Å². The highest BCUT2D eigenvalue weighted by atomic mass is 16.5. The summed E-state index contributed by atoms with van der Waals surface area (Å²) in [6.07, 6.45) is 0. The third-order valence-corrected chi connectivity index (χ3v) is 1.93. The van der Waals surface area contributed by atoms with Crippen molar-refractivity contribution in [1.29, 1.82) is 0 Å². The molecule has 2 aromatic rings. The van der Waals surface area contributed by atoms with Gasteiger partial charge >= 0.3 is 5.97 Å². The van der Waals surface area contributed by atoms with Crippen molar-refractivity contribution < 1.29 is 9.53 Å². The molecule has 15 heavy (non-hydrogen) atoms. The Bertz CT molecular complexity index is 467. The fourth-order valence-electron chi connectivity index (χ4n) is 1.25. The van der Waals surface area contributed by atoms with Crippen LogP contribution in [0.15, 0.2) is 24.3 Å². The number of hydrogen-bond donors (Lipinski definition) is 1. The van der Waals surface area contributed by atoms with Crippen LogP contribution in [0.1, 0.15) is 10.4 Å². The molecule has 0 unspecified atom stereocenters. The molecular formula is C9H8N4O2. The van der Waals surface area contributed by atoms with Crippen LogP contribution in [0.3, 0.4) is 0 Å². The minimum Gasteiger partial charge on any atom is -0.465 e. The lowest BCUT2D eigenvalue weighted by Crippen LogP contribution is -2.03. The third-order valence-electron chi connectivity index (χ3n) is 1.93. The lowest BCUT2D eigenvalue weighted by Gasteiger charge is -2.03. The molecule has 0 saturated heterocycles. The van der Waals surface area contributed by atoms with Gasteiger partial charge in [-0.25, -0.2) is 9.89 Å². The molecule has 1 aromatic heterocycles. The molecule has 76 valence electrons. The van der Waals surface area contributed by atoms with Crippen molar-refractivity contribution >= 4 is 5.97 Å². The van der Waals surface area contributed by atoms with Gasteiger partial charge in [0.2, 0.25) is 0 Å². The van der Waals surface area contributed by atoms with Gasteiger partial charge in [0.05, 0.1) is 12.7 Å². The fourth-order valence-corrected chi connectivity index (χ4v) is 1.25. The Hall–Kier alpha value is -2.24. The summed E-state index contributed by atoms with van der Waals surface area (Å²) >= 11 is 0. The number of aromatic nitrogens is 4. The number of rotatable bonds is 2. The monoisotopic (exact) mass is 204 g/mol. The quantitative estimate of drug-likeness (QED) is 0.726. The first-order valence-corrected chi connectivity index (χ1v) is 4.24. The number of benzene rings is 1. The molecule has 0 saturated carbocycles. The molecule has 0 amide bonds. The second-order valence-corrected chi connectivity index (χ2v) is 2.79. The fraction of sp³-hybridized carbons (Fsp3) is 0.111. The molecule has 0 aliphatic rings. The lowest BCUT2D eigenvalue weighted by molar-refractivity contribution is 0.0601. The van der Waals surface area contributed by atoms with E-state index in [-0.39, 0.29) is 0 Å². The minimum absolute atomic E-state index is 0.415. The Morgan fingerprint density at radius 2 is 2.20 bits per heavy atom. The van der Waals surface area contributed by atoms with Crippen LogP contribution in [0.4, 0.5) is 0 Å². The van der Waals surface area contributed by atoms with Gasteiger partial charge in [-0.15, -0.1) is 5.10 Å². The first-order valence-electron chi connectivity index (χ1n) is 4.24. The van der Waals surface area contributed by atoms with Gasteiger partial charge in [-0.1, -0.05) is 18.2 Å². The van der Waals surface area contributed by atoms with E-state index >= 15 is 0 Å². The van der Waals surface area contributed by atoms with E-state index in [2.05, 4.69) is 25.4 Å². The van der Waals surface area contributed by atoms with E-state index in [4.69, 9.17) is 0 Å². The van der Waals surface area contributed by atoms with Crippen LogP contribution >= 0.6 is 0 Å². The highest BCUT2D eigenvalue weighted by molar-refractivity contribution is 5.96. The second kappa shape index (κ2) is 3.87. The maximum atomic E-state index is 11.4. The summed E-state index contributed by atoms with van der Waals surface area (Å²) in [6, 6.07) is 6.95. The van der Waals surface area contributed by atoms with Gasteiger partial charge in [-0.3, -0.25) is 0 Å². The Balaban J connectivity index is 2.52. The molecule has 0 fully saturated rings. The molecular weight excluding hydrogens is 196 g/mol. The van der Waals surface area contributed by atoms with Crippen molar-refractivity contribution in [2.24, 2.45) is 0 Å². The van der Waals surface area contributed by atoms with E-state index in [1.165, 1.54) is 7.11 Å². The van der Waals surface area contributed by atoms with Gasteiger partial charge in [0.15, 0.2) is 5.82 Å². The SMILES string of the molecule is COC(=O)c1ccccc1-c1nnn[nH]1. The Morgan fingerprint density at radius 1 is 1.40 bits per heavy atom. The zero-order valence-electron chi connectivity index (χ0n) is 7.97. The zero-order chi connectivity index (χ0) is 10.7. The van der Waals surface area contributed by atoms with Crippen molar-refractivity contribution in [2.75, 3.05) is 7.11 Å². The Kier molecular flexibility index (Phi) is 2.40. The van der Waals surface area contributed by atoms with Crippen LogP contribution in [-0.2, 0) is 4.74 Å². The number of carbonyl (C=O) groups excluding carboxylic acids is 1. The smallest absolute Gasteiger partial charge is 0.338 e. The van der Waals surface area contributed by atoms with Gasteiger partial charge in [-0.05, 0) is 16.5 Å². The van der Waals surface area contributed by atoms with Gasteiger partial charge < -0.3 is 4.74 Å². The van der Waals surface area contributed by atoms with Crippen LogP contribution in [0.2, 0.25) is 0 Å². The molecule has 6 heteroatoms. The summed E-state index contributed by atoms with van der Waals surface area (Å²) in [4.78, 5) is 11.4. The van der Waals surface area contributed by atoms with E-state index in [9.17, 15) is 4.79 Å². The highest BCUT2D eigenvalue weighted by Crippen LogP contribution is 2.19. The number of esters is 1. The third kappa shape index (κ3) is 1.69. The molecule has 1 N–H and O–H groups in total. The van der Waals surface area contributed by atoms with Crippen LogP contribution in [0, 0.1) is 0 Å². The number of tetrazole rings is 1. The number of carbonyl (C=O) groups is 1. The molecule has 1 aromatic carbocycles. The van der Waals surface area contributed by atoms with E-state index in [1.54, 1.807) is 24.3 Å². The largest absolute Gasteiger partial charge is 0.465 e. The molecule has 0 atom stereocenters. The number of ether oxygens (including phenoxy) is 1. The van der Waals surface area contributed by atoms with Crippen molar-refractivity contribution in [3.05, 3.63) is 29.8 Å². The molecule has 0 spiro atoms. The lowest BCUT2D eigenvalue weighted by atomic mass is 10.1. The zero-order valence-corrected chi connectivity index (χ0v) is 7.97. The van der Waals surface area contributed by atoms with Crippen molar-refractivity contribution in [2.45, 2.75) is 0 Å². The number of nitrogens with zero attached hydrogens (tertiary/aromatic N) is 3. The summed E-state index contributed by atoms with van der Waals surface area (Å²) in [6.45, 7) is 0. The molecule has 0 bridgehead atoms. The molecule has 0 aliphatic carbocycles. The summed E-state index contributed by atoms with van der Waals surface area (Å²) < 4.78 is 4.65. The predicted octanol–water partition coefficient (Wildman–Crippen LogP) is 0.653. The van der Waals surface area contributed by atoms with Crippen LogP contribution in [-0.4, -0.2) is 33.7 Å². The average molecular weight is 204 g/mol. The average Bonchev–Trinajstić information content (AvgIpc) is 2.81. The van der Waals surface area contributed by atoms with E-state index in [0.29, 0.717) is 17.0 Å². The van der Waals surface area contributed by atoms with Gasteiger partial charge in [0.1, 0.15) is 0 Å². The van der Waals surface area contributed by atoms with E-state index < -0.39 is 5.97 Å². The Morgan fingerprint density at radius 3 is 2.87 bits per heavy atom. The number of hydrogen-bond acceptors (Lipinski definition) is 5. The summed E-state index contributed by atoms with van der Waals surface area (Å²) in [7, 11) is 1.33. The van der Waals surface area contributed by atoms with Crippen molar-refractivity contribution in [3.8, 4) is 11.4 Å². The summed E-state index contributed by atoms with van der Waals surface area (Å²) in [5.74, 6) is 0.0259. The van der Waals surface area contributed by atoms with Crippen molar-refractivity contribution in [1.82, 2.24) is 20.6 Å². The van der Waals surface area contributed by atoms with Crippen molar-refractivity contribution in [3.63, 3.8) is 0 Å². The number of nitrogens with one attached hydrogen (secondary N) is 1. The standard InChI is InChI=1S/C9H8N4O2/c1-15-9(14)7-5-3-2-4-6(7)8-10-12-13-11-8/h2-5H,1H3,(H,10,11,12,13). The summed E-state index contributed by atoms with van der Waals surface area (Å²) in [5, 5.41) is 13.2. The van der Waals surface area contributed by atoms with E-state index in [1.807, 2.05) is 0 Å². The van der Waals surface area contributed by atoms with Crippen LogP contribution < -0.4 is 0 Å². The van der Waals surface area contributed by atoms with Gasteiger partial charge in [-0.2, -0.15) is 0 Å². The second-order valence-electron chi connectivity index (χ2n) is 2.79. The maximum absolute atomic E-state index is 11.4. The Labute approximate surface area is 85.3 Å². The molecule has 2 rings (SSSR count). The summed E-state index contributed by atoms with van der Waals surface area (Å²) in [5.41, 5.74) is 1.05. The number of methoxy groups -OCH3 is 1. The number of aromatic amines is 1. The van der Waals surface area contributed by atoms with Gasteiger partial charge in [0, 0.05) is 5.56 Å². The van der Waals surface area contributed by atoms with E-state index in [0.717, 1.165) is 0 Å². The predicted molar refractivity (Wildman–Crippen MR) is 51.0 cm³/mol. The molecule has 0 aliphatic heterocycles. The number of H-pyrrole nitrogens is 1. The highest BCUT2D eigenvalue weighted by Gasteiger charge is 2.14. The maximum Gasteiger partial charge on any atom is 0.338 e. The first kappa shape index (κ1) is 9.32. The molecule has 0 radical (unpaired) electrons. The van der Waals surface area contributed by atoms with Crippen LogP contribution in [0.25, 0.3) is 11.4 Å². The molecule has 1 heterocycles. The molecule has 6 nitrogen and oxygen atoms in total. The first-order chi connectivity index (χ1) is 7.33.